The van der Waals surface area contributed by atoms with Crippen LogP contribution in [-0.2, 0) is 11.3 Å². The molecular weight excluding hydrogens is 308 g/mol. The molecule has 1 amide bonds. The number of aromatic nitrogens is 5. The fraction of sp³-hybridized carbons (Fsp3) is 0.312. The van der Waals surface area contributed by atoms with E-state index in [2.05, 4.69) is 20.2 Å². The minimum Gasteiger partial charge on any atom is -0.340 e. The van der Waals surface area contributed by atoms with Crippen LogP contribution in [0.5, 0.6) is 0 Å². The standard InChI is InChI=1S/C16H16N6O2/c23-14(11-22-8-3-7-18-22)21-9-5-12(10-21)16-19-15(20-24-16)13-4-1-2-6-17-13/h1-4,6-8,12H,5,9-11H2/t12-/m1/s1. The van der Waals surface area contributed by atoms with Crippen LogP contribution in [0.2, 0.25) is 0 Å². The van der Waals surface area contributed by atoms with Crippen molar-refractivity contribution in [1.29, 1.82) is 0 Å². The van der Waals surface area contributed by atoms with E-state index in [1.807, 2.05) is 23.1 Å². The summed E-state index contributed by atoms with van der Waals surface area (Å²) in [6.07, 6.45) is 5.95. The highest BCUT2D eigenvalue weighted by Gasteiger charge is 2.31. The van der Waals surface area contributed by atoms with E-state index in [4.69, 9.17) is 4.52 Å². The Kier molecular flexibility index (Phi) is 3.78. The van der Waals surface area contributed by atoms with Crippen molar-refractivity contribution < 1.29 is 9.32 Å². The van der Waals surface area contributed by atoms with Crippen LogP contribution in [0.4, 0.5) is 0 Å². The quantitative estimate of drug-likeness (QED) is 0.719. The molecule has 0 saturated carbocycles. The number of amides is 1. The van der Waals surface area contributed by atoms with Gasteiger partial charge in [-0.15, -0.1) is 0 Å². The number of likely N-dealkylation sites (tertiary alicyclic amines) is 1. The van der Waals surface area contributed by atoms with Gasteiger partial charge in [0.15, 0.2) is 0 Å². The Hall–Kier alpha value is -3.03. The molecule has 0 radical (unpaired) electrons. The third kappa shape index (κ3) is 2.90. The summed E-state index contributed by atoms with van der Waals surface area (Å²) in [5.41, 5.74) is 0.678. The van der Waals surface area contributed by atoms with Crippen LogP contribution >= 0.6 is 0 Å². The minimum absolute atomic E-state index is 0.0469. The van der Waals surface area contributed by atoms with Gasteiger partial charge in [-0.1, -0.05) is 11.2 Å². The van der Waals surface area contributed by atoms with E-state index < -0.39 is 0 Å². The highest BCUT2D eigenvalue weighted by atomic mass is 16.5. The normalized spacial score (nSPS) is 17.3. The van der Waals surface area contributed by atoms with Crippen LogP contribution in [0.3, 0.4) is 0 Å². The van der Waals surface area contributed by atoms with Gasteiger partial charge in [-0.2, -0.15) is 10.1 Å². The van der Waals surface area contributed by atoms with E-state index in [1.54, 1.807) is 29.3 Å². The van der Waals surface area contributed by atoms with Gasteiger partial charge in [0.25, 0.3) is 0 Å². The van der Waals surface area contributed by atoms with E-state index in [0.717, 1.165) is 6.42 Å². The third-order valence-corrected chi connectivity index (χ3v) is 4.08. The lowest BCUT2D eigenvalue weighted by Gasteiger charge is -2.15. The van der Waals surface area contributed by atoms with Gasteiger partial charge < -0.3 is 9.42 Å². The maximum Gasteiger partial charge on any atom is 0.244 e. The summed E-state index contributed by atoms with van der Waals surface area (Å²) in [6.45, 7) is 1.53. The number of hydrogen-bond donors (Lipinski definition) is 0. The van der Waals surface area contributed by atoms with Crippen molar-refractivity contribution >= 4 is 5.91 Å². The van der Waals surface area contributed by atoms with Crippen LogP contribution in [0.25, 0.3) is 11.5 Å². The summed E-state index contributed by atoms with van der Waals surface area (Å²) in [5, 5.41) is 8.06. The number of hydrogen-bond acceptors (Lipinski definition) is 6. The first kappa shape index (κ1) is 14.6. The zero-order valence-corrected chi connectivity index (χ0v) is 12.9. The lowest BCUT2D eigenvalue weighted by atomic mass is 10.1. The summed E-state index contributed by atoms with van der Waals surface area (Å²) >= 11 is 0. The molecule has 1 saturated heterocycles. The van der Waals surface area contributed by atoms with Crippen molar-refractivity contribution in [3.63, 3.8) is 0 Å². The molecule has 0 bridgehead atoms. The smallest absolute Gasteiger partial charge is 0.244 e. The van der Waals surface area contributed by atoms with Crippen LogP contribution in [0.15, 0.2) is 47.4 Å². The first-order valence-corrected chi connectivity index (χ1v) is 7.80. The molecule has 1 aliphatic heterocycles. The lowest BCUT2D eigenvalue weighted by molar-refractivity contribution is -0.131. The predicted molar refractivity (Wildman–Crippen MR) is 83.7 cm³/mol. The highest BCUT2D eigenvalue weighted by molar-refractivity contribution is 5.76. The number of carbonyl (C=O) groups excluding carboxylic acids is 1. The van der Waals surface area contributed by atoms with Gasteiger partial charge in [0.2, 0.25) is 17.6 Å². The van der Waals surface area contributed by atoms with Crippen molar-refractivity contribution in [3.05, 3.63) is 48.7 Å². The second-order valence-corrected chi connectivity index (χ2v) is 5.70. The van der Waals surface area contributed by atoms with E-state index in [-0.39, 0.29) is 18.4 Å². The van der Waals surface area contributed by atoms with E-state index in [1.165, 1.54) is 0 Å². The van der Waals surface area contributed by atoms with Crippen molar-refractivity contribution in [2.75, 3.05) is 13.1 Å². The van der Waals surface area contributed by atoms with Gasteiger partial charge in [-0.25, -0.2) is 0 Å². The average molecular weight is 324 g/mol. The Morgan fingerprint density at radius 3 is 3.04 bits per heavy atom. The zero-order chi connectivity index (χ0) is 16.4. The first-order chi connectivity index (χ1) is 11.8. The van der Waals surface area contributed by atoms with Crippen LogP contribution in [0.1, 0.15) is 18.2 Å². The van der Waals surface area contributed by atoms with Crippen molar-refractivity contribution in [2.24, 2.45) is 0 Å². The Bertz CT molecular complexity index is 814. The second kappa shape index (κ2) is 6.23. The van der Waals surface area contributed by atoms with E-state index >= 15 is 0 Å². The zero-order valence-electron chi connectivity index (χ0n) is 12.9. The van der Waals surface area contributed by atoms with Crippen molar-refractivity contribution in [1.82, 2.24) is 29.8 Å². The number of carbonyl (C=O) groups is 1. The van der Waals surface area contributed by atoms with Crippen molar-refractivity contribution in [3.8, 4) is 11.5 Å². The Balaban J connectivity index is 1.42. The lowest BCUT2D eigenvalue weighted by Crippen LogP contribution is -2.31. The van der Waals surface area contributed by atoms with Gasteiger partial charge in [0, 0.05) is 31.7 Å². The highest BCUT2D eigenvalue weighted by Crippen LogP contribution is 2.27. The SMILES string of the molecule is O=C(Cn1cccn1)N1CC[C@@H](c2nc(-c3ccccn3)no2)C1. The molecule has 0 aromatic carbocycles. The van der Waals surface area contributed by atoms with Crippen molar-refractivity contribution in [2.45, 2.75) is 18.9 Å². The Morgan fingerprint density at radius 1 is 1.29 bits per heavy atom. The molecule has 0 aliphatic carbocycles. The van der Waals surface area contributed by atoms with Gasteiger partial charge in [0.05, 0.1) is 5.92 Å². The molecule has 3 aromatic rings. The predicted octanol–water partition coefficient (Wildman–Crippen LogP) is 1.34. The van der Waals surface area contributed by atoms with Gasteiger partial charge in [-0.05, 0) is 24.6 Å². The molecule has 122 valence electrons. The van der Waals surface area contributed by atoms with Gasteiger partial charge in [0.1, 0.15) is 12.2 Å². The third-order valence-electron chi connectivity index (χ3n) is 4.08. The molecule has 3 aromatic heterocycles. The number of rotatable bonds is 4. The topological polar surface area (TPSA) is 89.9 Å². The monoisotopic (exact) mass is 324 g/mol. The maximum absolute atomic E-state index is 12.3. The summed E-state index contributed by atoms with van der Waals surface area (Å²) < 4.78 is 7.01. The molecule has 1 atom stereocenters. The van der Waals surface area contributed by atoms with E-state index in [9.17, 15) is 4.79 Å². The molecule has 8 nitrogen and oxygen atoms in total. The fourth-order valence-electron chi connectivity index (χ4n) is 2.82. The molecule has 0 N–H and O–H groups in total. The molecule has 0 spiro atoms. The molecular formula is C16H16N6O2. The largest absolute Gasteiger partial charge is 0.340 e. The van der Waals surface area contributed by atoms with Gasteiger partial charge in [-0.3, -0.25) is 14.5 Å². The molecule has 24 heavy (non-hydrogen) atoms. The molecule has 1 aliphatic rings. The van der Waals surface area contributed by atoms with E-state index in [0.29, 0.717) is 30.5 Å². The molecule has 4 rings (SSSR count). The van der Waals surface area contributed by atoms with Gasteiger partial charge >= 0.3 is 0 Å². The Morgan fingerprint density at radius 2 is 2.25 bits per heavy atom. The number of pyridine rings is 1. The van der Waals surface area contributed by atoms with Crippen LogP contribution in [-0.4, -0.2) is 48.8 Å². The summed E-state index contributed by atoms with van der Waals surface area (Å²) in [4.78, 5) is 22.8. The maximum atomic E-state index is 12.3. The van der Waals surface area contributed by atoms with Crippen LogP contribution < -0.4 is 0 Å². The number of nitrogens with zero attached hydrogens (tertiary/aromatic N) is 6. The molecule has 4 heterocycles. The first-order valence-electron chi connectivity index (χ1n) is 7.80. The summed E-state index contributed by atoms with van der Waals surface area (Å²) in [7, 11) is 0. The molecule has 0 unspecified atom stereocenters. The van der Waals surface area contributed by atoms with Crippen LogP contribution in [0, 0.1) is 0 Å². The molecule has 8 heteroatoms. The summed E-state index contributed by atoms with van der Waals surface area (Å²) in [6, 6.07) is 7.36. The Labute approximate surface area is 138 Å². The average Bonchev–Trinajstić information content (AvgIpc) is 3.36. The molecule has 1 fully saturated rings. The summed E-state index contributed by atoms with van der Waals surface area (Å²) in [5.74, 6) is 1.15. The second-order valence-electron chi connectivity index (χ2n) is 5.70. The fourth-order valence-corrected chi connectivity index (χ4v) is 2.82. The minimum atomic E-state index is 0.0469.